The summed E-state index contributed by atoms with van der Waals surface area (Å²) in [4.78, 5) is 26.9. The van der Waals surface area contributed by atoms with Crippen LogP contribution in [0.15, 0.2) is 70.8 Å². The zero-order chi connectivity index (χ0) is 19.8. The predicted molar refractivity (Wildman–Crippen MR) is 104 cm³/mol. The molecule has 7 heteroatoms. The van der Waals surface area contributed by atoms with Crippen LogP contribution in [0.4, 0.5) is 5.82 Å². The number of Topliss-reactive ketones (excluding diaryl/α,β-unsaturated/α-hetero) is 1. The van der Waals surface area contributed by atoms with Gasteiger partial charge in [0.05, 0.1) is 11.6 Å². The molecule has 1 aromatic heterocycles. The monoisotopic (exact) mass is 394 g/mol. The molecule has 0 bridgehead atoms. The highest BCUT2D eigenvalue weighted by Crippen LogP contribution is 2.42. The Labute approximate surface area is 165 Å². The minimum atomic E-state index is -0.859. The van der Waals surface area contributed by atoms with Gasteiger partial charge in [-0.15, -0.1) is 0 Å². The molecule has 2 aromatic carbocycles. The largest absolute Gasteiger partial charge is 0.507 e. The number of ketones is 1. The minimum Gasteiger partial charge on any atom is -0.507 e. The molecule has 1 N–H and O–H groups in total. The van der Waals surface area contributed by atoms with Crippen LogP contribution in [0.1, 0.15) is 22.9 Å². The zero-order valence-electron chi connectivity index (χ0n) is 14.8. The van der Waals surface area contributed by atoms with E-state index < -0.39 is 17.7 Å². The number of aliphatic hydroxyl groups is 1. The van der Waals surface area contributed by atoms with E-state index in [1.165, 1.54) is 4.90 Å². The van der Waals surface area contributed by atoms with Gasteiger partial charge in [0.2, 0.25) is 0 Å². The quantitative estimate of drug-likeness (QED) is 0.407. The van der Waals surface area contributed by atoms with Crippen LogP contribution in [0.25, 0.3) is 5.76 Å². The van der Waals surface area contributed by atoms with Crippen LogP contribution >= 0.6 is 11.6 Å². The van der Waals surface area contributed by atoms with Crippen molar-refractivity contribution in [2.45, 2.75) is 13.0 Å². The fourth-order valence-electron chi connectivity index (χ4n) is 3.25. The molecule has 1 fully saturated rings. The maximum absolute atomic E-state index is 12.9. The van der Waals surface area contributed by atoms with Crippen LogP contribution in [0.2, 0.25) is 5.02 Å². The first kappa shape index (κ1) is 18.0. The van der Waals surface area contributed by atoms with E-state index in [9.17, 15) is 14.7 Å². The van der Waals surface area contributed by atoms with Gasteiger partial charge in [0.1, 0.15) is 11.5 Å². The van der Waals surface area contributed by atoms with E-state index in [1.54, 1.807) is 67.6 Å². The number of carbonyl (C=O) groups excluding carboxylic acids is 2. The molecule has 140 valence electrons. The average Bonchev–Trinajstić information content (AvgIpc) is 3.24. The van der Waals surface area contributed by atoms with Gasteiger partial charge in [0.15, 0.2) is 5.82 Å². The Morgan fingerprint density at radius 3 is 2.39 bits per heavy atom. The number of nitrogens with zero attached hydrogens (tertiary/aromatic N) is 2. The Hall–Kier alpha value is -3.38. The molecule has 0 aliphatic carbocycles. The lowest BCUT2D eigenvalue weighted by atomic mass is 9.95. The van der Waals surface area contributed by atoms with E-state index in [0.717, 1.165) is 0 Å². The average molecular weight is 395 g/mol. The molecule has 0 spiro atoms. The number of aryl methyl sites for hydroxylation is 1. The fourth-order valence-corrected chi connectivity index (χ4v) is 3.37. The first-order valence-corrected chi connectivity index (χ1v) is 8.90. The Kier molecular flexibility index (Phi) is 4.49. The summed E-state index contributed by atoms with van der Waals surface area (Å²) in [6.07, 6.45) is 0. The second-order valence-corrected chi connectivity index (χ2v) is 6.82. The van der Waals surface area contributed by atoms with Crippen molar-refractivity contribution in [1.82, 2.24) is 5.16 Å². The normalized spacial score (nSPS) is 18.6. The van der Waals surface area contributed by atoms with Crippen LogP contribution in [-0.2, 0) is 9.59 Å². The first-order valence-electron chi connectivity index (χ1n) is 8.52. The van der Waals surface area contributed by atoms with Crippen molar-refractivity contribution >= 4 is 34.9 Å². The SMILES string of the molecule is Cc1cc(N2C(=O)C(=O)C(=C(O)c3ccccc3)[C@H]2c2ccc(Cl)cc2)no1. The summed E-state index contributed by atoms with van der Waals surface area (Å²) in [7, 11) is 0. The van der Waals surface area contributed by atoms with Gasteiger partial charge in [-0.1, -0.05) is 59.2 Å². The van der Waals surface area contributed by atoms with Crippen molar-refractivity contribution in [3.8, 4) is 0 Å². The van der Waals surface area contributed by atoms with E-state index in [0.29, 0.717) is 21.9 Å². The smallest absolute Gasteiger partial charge is 0.301 e. The van der Waals surface area contributed by atoms with Crippen LogP contribution in [0.5, 0.6) is 0 Å². The Balaban J connectivity index is 1.94. The molecule has 28 heavy (non-hydrogen) atoms. The minimum absolute atomic E-state index is 0.0147. The summed E-state index contributed by atoms with van der Waals surface area (Å²) in [5.74, 6) is -1.13. The van der Waals surface area contributed by atoms with Crippen molar-refractivity contribution < 1.29 is 19.2 Å². The van der Waals surface area contributed by atoms with Gasteiger partial charge in [0, 0.05) is 16.7 Å². The molecule has 3 aromatic rings. The summed E-state index contributed by atoms with van der Waals surface area (Å²) in [6, 6.07) is 16.1. The molecule has 0 radical (unpaired) electrons. The van der Waals surface area contributed by atoms with Gasteiger partial charge in [0.25, 0.3) is 5.78 Å². The van der Waals surface area contributed by atoms with Crippen LogP contribution in [0, 0.1) is 6.92 Å². The lowest BCUT2D eigenvalue weighted by Gasteiger charge is -2.22. The molecule has 1 aliphatic rings. The molecule has 1 atom stereocenters. The highest BCUT2D eigenvalue weighted by molar-refractivity contribution is 6.51. The Morgan fingerprint density at radius 2 is 1.79 bits per heavy atom. The number of halogens is 1. The molecule has 4 rings (SSSR count). The summed E-state index contributed by atoms with van der Waals surface area (Å²) in [5, 5.41) is 15.3. The first-order chi connectivity index (χ1) is 13.5. The third kappa shape index (κ3) is 2.97. The van der Waals surface area contributed by atoms with Crippen LogP contribution in [0.3, 0.4) is 0 Å². The van der Waals surface area contributed by atoms with E-state index in [2.05, 4.69) is 5.16 Å². The summed E-state index contributed by atoms with van der Waals surface area (Å²) >= 11 is 5.99. The molecule has 0 unspecified atom stereocenters. The molecular weight excluding hydrogens is 380 g/mol. The van der Waals surface area contributed by atoms with Gasteiger partial charge < -0.3 is 9.63 Å². The molecule has 6 nitrogen and oxygen atoms in total. The number of rotatable bonds is 3. The number of hydrogen-bond acceptors (Lipinski definition) is 5. The van der Waals surface area contributed by atoms with E-state index >= 15 is 0 Å². The van der Waals surface area contributed by atoms with Gasteiger partial charge in [-0.3, -0.25) is 14.5 Å². The van der Waals surface area contributed by atoms with E-state index in [-0.39, 0.29) is 17.2 Å². The maximum Gasteiger partial charge on any atom is 0.301 e. The molecular formula is C21H15ClN2O4. The van der Waals surface area contributed by atoms with Crippen molar-refractivity contribution in [3.63, 3.8) is 0 Å². The number of benzene rings is 2. The fraction of sp³-hybridized carbons (Fsp3) is 0.0952. The predicted octanol–water partition coefficient (Wildman–Crippen LogP) is 4.26. The zero-order valence-corrected chi connectivity index (χ0v) is 15.6. The highest BCUT2D eigenvalue weighted by atomic mass is 35.5. The third-order valence-corrected chi connectivity index (χ3v) is 4.79. The van der Waals surface area contributed by atoms with E-state index in [4.69, 9.17) is 16.1 Å². The Bertz CT molecular complexity index is 1090. The standard InChI is InChI=1S/C21H15ClN2O4/c1-12-11-16(23-28-12)24-18(13-7-9-15(22)10-8-13)17(20(26)21(24)27)19(25)14-5-3-2-4-6-14/h2-11,18,25H,1H3/t18-/m1/s1. The van der Waals surface area contributed by atoms with Crippen LogP contribution < -0.4 is 4.90 Å². The molecule has 1 amide bonds. The molecule has 2 heterocycles. The lowest BCUT2D eigenvalue weighted by molar-refractivity contribution is -0.132. The summed E-state index contributed by atoms with van der Waals surface area (Å²) in [5.41, 5.74) is 1.04. The number of anilines is 1. The van der Waals surface area contributed by atoms with Gasteiger partial charge in [-0.2, -0.15) is 0 Å². The molecule has 0 saturated carbocycles. The number of hydrogen-bond donors (Lipinski definition) is 1. The number of aliphatic hydroxyl groups excluding tert-OH is 1. The maximum atomic E-state index is 12.9. The van der Waals surface area contributed by atoms with Crippen molar-refractivity contribution in [2.24, 2.45) is 0 Å². The van der Waals surface area contributed by atoms with Crippen molar-refractivity contribution in [2.75, 3.05) is 4.90 Å². The molecule has 1 saturated heterocycles. The molecule has 1 aliphatic heterocycles. The van der Waals surface area contributed by atoms with E-state index in [1.807, 2.05) is 0 Å². The summed E-state index contributed by atoms with van der Waals surface area (Å²) < 4.78 is 5.09. The topological polar surface area (TPSA) is 83.6 Å². The van der Waals surface area contributed by atoms with Crippen molar-refractivity contribution in [1.29, 1.82) is 0 Å². The summed E-state index contributed by atoms with van der Waals surface area (Å²) in [6.45, 7) is 1.69. The highest BCUT2D eigenvalue weighted by Gasteiger charge is 2.48. The Morgan fingerprint density at radius 1 is 1.11 bits per heavy atom. The van der Waals surface area contributed by atoms with Crippen LogP contribution in [-0.4, -0.2) is 22.0 Å². The lowest BCUT2D eigenvalue weighted by Crippen LogP contribution is -2.29. The second-order valence-electron chi connectivity index (χ2n) is 6.38. The number of amides is 1. The van der Waals surface area contributed by atoms with Gasteiger partial charge >= 0.3 is 5.91 Å². The second kappa shape index (κ2) is 6.98. The third-order valence-electron chi connectivity index (χ3n) is 4.54. The van der Waals surface area contributed by atoms with Crippen molar-refractivity contribution in [3.05, 3.63) is 88.1 Å². The van der Waals surface area contributed by atoms with Gasteiger partial charge in [-0.25, -0.2) is 0 Å². The number of carbonyl (C=O) groups is 2. The van der Waals surface area contributed by atoms with Gasteiger partial charge in [-0.05, 0) is 24.6 Å². The number of aromatic nitrogens is 1.